The molecule has 2 aromatic rings. The normalized spacial score (nSPS) is 14.3. The van der Waals surface area contributed by atoms with Crippen LogP contribution in [0.25, 0.3) is 6.08 Å². The molecule has 8 heteroatoms. The van der Waals surface area contributed by atoms with Crippen molar-refractivity contribution in [3.05, 3.63) is 77.7 Å². The number of thioether (sulfide) groups is 1. The highest BCUT2D eigenvalue weighted by atomic mass is 32.2. The molecule has 0 unspecified atom stereocenters. The molecular formula is C26H27NO5S2. The molecule has 0 atom stereocenters. The van der Waals surface area contributed by atoms with Crippen molar-refractivity contribution in [2.24, 2.45) is 0 Å². The van der Waals surface area contributed by atoms with Crippen LogP contribution in [0.2, 0.25) is 0 Å². The first-order valence-corrected chi connectivity index (χ1v) is 11.8. The van der Waals surface area contributed by atoms with E-state index >= 15 is 0 Å². The Morgan fingerprint density at radius 2 is 1.68 bits per heavy atom. The zero-order chi connectivity index (χ0) is 24.5. The van der Waals surface area contributed by atoms with Gasteiger partial charge in [-0.1, -0.05) is 54.3 Å². The van der Waals surface area contributed by atoms with Crippen LogP contribution < -0.4 is 18.9 Å². The Labute approximate surface area is 209 Å². The molecule has 0 N–H and O–H groups in total. The van der Waals surface area contributed by atoms with Gasteiger partial charge in [0.2, 0.25) is 5.75 Å². The van der Waals surface area contributed by atoms with E-state index in [2.05, 4.69) is 13.2 Å². The van der Waals surface area contributed by atoms with E-state index in [1.165, 1.54) is 16.7 Å². The largest absolute Gasteiger partial charge is 0.493 e. The van der Waals surface area contributed by atoms with Crippen LogP contribution in [0.5, 0.6) is 23.0 Å². The van der Waals surface area contributed by atoms with Gasteiger partial charge < -0.3 is 18.9 Å². The Kier molecular flexibility index (Phi) is 9.18. The van der Waals surface area contributed by atoms with Crippen LogP contribution in [0, 0.1) is 0 Å². The van der Waals surface area contributed by atoms with E-state index in [0.29, 0.717) is 39.6 Å². The van der Waals surface area contributed by atoms with Crippen molar-refractivity contribution in [2.75, 3.05) is 34.0 Å². The second kappa shape index (κ2) is 12.3. The van der Waals surface area contributed by atoms with E-state index in [1.54, 1.807) is 38.5 Å². The fourth-order valence-corrected chi connectivity index (χ4v) is 4.60. The molecule has 1 aliphatic rings. The molecule has 0 aliphatic carbocycles. The van der Waals surface area contributed by atoms with Crippen LogP contribution in [0.1, 0.15) is 11.1 Å². The molecule has 2 aromatic carbocycles. The maximum atomic E-state index is 12.6. The number of carbonyl (C=O) groups excluding carboxylic acids is 1. The predicted molar refractivity (Wildman–Crippen MR) is 141 cm³/mol. The van der Waals surface area contributed by atoms with Crippen molar-refractivity contribution in [3.8, 4) is 23.0 Å². The zero-order valence-electron chi connectivity index (χ0n) is 19.2. The van der Waals surface area contributed by atoms with Gasteiger partial charge in [0.05, 0.1) is 19.1 Å². The summed E-state index contributed by atoms with van der Waals surface area (Å²) in [5, 5.41) is 0. The van der Waals surface area contributed by atoms with Gasteiger partial charge in [-0.25, -0.2) is 0 Å². The Bertz CT molecular complexity index is 1090. The second-order valence-corrected chi connectivity index (χ2v) is 8.81. The smallest absolute Gasteiger partial charge is 0.266 e. The van der Waals surface area contributed by atoms with Gasteiger partial charge in [0, 0.05) is 6.54 Å². The van der Waals surface area contributed by atoms with Crippen molar-refractivity contribution in [2.45, 2.75) is 6.42 Å². The Morgan fingerprint density at radius 1 is 1.00 bits per heavy atom. The number of thiocarbonyl (C=S) groups is 1. The first-order valence-electron chi connectivity index (χ1n) is 10.6. The standard InChI is InChI=1S/C26H27NO5S2/c1-5-9-19-10-7-8-11-20(19)31-13-14-32-24-21(29-3)15-18(16-22(24)30-4)17-23-25(28)27(12-6-2)26(33)34-23/h5-8,10-11,15-17H,1-2,9,12-14H2,3-4H3. The van der Waals surface area contributed by atoms with Gasteiger partial charge in [0.1, 0.15) is 23.3 Å². The van der Waals surface area contributed by atoms with Crippen molar-refractivity contribution < 1.29 is 23.7 Å². The molecule has 1 heterocycles. The summed E-state index contributed by atoms with van der Waals surface area (Å²) in [6, 6.07) is 11.4. The molecule has 6 nitrogen and oxygen atoms in total. The third kappa shape index (κ3) is 6.01. The Hall–Kier alpha value is -3.23. The topological polar surface area (TPSA) is 57.2 Å². The number of para-hydroxylation sites is 1. The summed E-state index contributed by atoms with van der Waals surface area (Å²) in [4.78, 5) is 14.7. The van der Waals surface area contributed by atoms with Crippen LogP contribution in [-0.4, -0.2) is 49.1 Å². The number of benzene rings is 2. The van der Waals surface area contributed by atoms with Crippen LogP contribution in [0.4, 0.5) is 0 Å². The molecule has 1 aliphatic heterocycles. The highest BCUT2D eigenvalue weighted by Gasteiger charge is 2.31. The number of ether oxygens (including phenoxy) is 4. The number of allylic oxidation sites excluding steroid dienone is 1. The molecule has 0 radical (unpaired) electrons. The summed E-state index contributed by atoms with van der Waals surface area (Å²) < 4.78 is 23.4. The van der Waals surface area contributed by atoms with Gasteiger partial charge in [-0.2, -0.15) is 0 Å². The van der Waals surface area contributed by atoms with Crippen LogP contribution in [-0.2, 0) is 11.2 Å². The van der Waals surface area contributed by atoms with Crippen LogP contribution in [0.15, 0.2) is 66.6 Å². The number of hydrogen-bond acceptors (Lipinski definition) is 7. The first kappa shape index (κ1) is 25.4. The fourth-order valence-electron chi connectivity index (χ4n) is 3.33. The number of nitrogens with zero attached hydrogens (tertiary/aromatic N) is 1. The molecule has 3 rings (SSSR count). The number of hydrogen-bond donors (Lipinski definition) is 0. The van der Waals surface area contributed by atoms with Gasteiger partial charge in [0.25, 0.3) is 5.91 Å². The van der Waals surface area contributed by atoms with Crippen LogP contribution in [0.3, 0.4) is 0 Å². The minimum Gasteiger partial charge on any atom is -0.493 e. The Balaban J connectivity index is 1.73. The van der Waals surface area contributed by atoms with E-state index in [9.17, 15) is 4.79 Å². The number of methoxy groups -OCH3 is 2. The minimum absolute atomic E-state index is 0.151. The maximum Gasteiger partial charge on any atom is 0.266 e. The molecule has 0 spiro atoms. The number of rotatable bonds is 12. The van der Waals surface area contributed by atoms with E-state index < -0.39 is 0 Å². The highest BCUT2D eigenvalue weighted by Crippen LogP contribution is 2.40. The lowest BCUT2D eigenvalue weighted by Crippen LogP contribution is -2.27. The lowest BCUT2D eigenvalue weighted by Gasteiger charge is -2.16. The van der Waals surface area contributed by atoms with Crippen molar-refractivity contribution in [3.63, 3.8) is 0 Å². The summed E-state index contributed by atoms with van der Waals surface area (Å²) in [7, 11) is 3.11. The molecule has 0 saturated carbocycles. The molecule has 34 heavy (non-hydrogen) atoms. The van der Waals surface area contributed by atoms with E-state index in [4.69, 9.17) is 31.2 Å². The van der Waals surface area contributed by atoms with Crippen LogP contribution >= 0.6 is 24.0 Å². The third-order valence-electron chi connectivity index (χ3n) is 4.89. The third-order valence-corrected chi connectivity index (χ3v) is 6.27. The van der Waals surface area contributed by atoms with Gasteiger partial charge >= 0.3 is 0 Å². The molecule has 1 amide bonds. The zero-order valence-corrected chi connectivity index (χ0v) is 20.9. The highest BCUT2D eigenvalue weighted by molar-refractivity contribution is 8.26. The molecule has 178 valence electrons. The lowest BCUT2D eigenvalue weighted by atomic mass is 10.1. The molecule has 0 bridgehead atoms. The quantitative estimate of drug-likeness (QED) is 0.171. The number of carbonyl (C=O) groups is 1. The molecular weight excluding hydrogens is 470 g/mol. The van der Waals surface area contributed by atoms with Crippen molar-refractivity contribution in [1.29, 1.82) is 0 Å². The molecule has 0 aromatic heterocycles. The summed E-state index contributed by atoms with van der Waals surface area (Å²) in [6.07, 6.45) is 5.98. The van der Waals surface area contributed by atoms with E-state index in [1.807, 2.05) is 30.3 Å². The van der Waals surface area contributed by atoms with Gasteiger partial charge in [0.15, 0.2) is 11.5 Å². The average molecular weight is 498 g/mol. The number of amides is 1. The summed E-state index contributed by atoms with van der Waals surface area (Å²) in [5.74, 6) is 2.08. The van der Waals surface area contributed by atoms with Gasteiger partial charge in [-0.15, -0.1) is 13.2 Å². The first-order chi connectivity index (χ1) is 16.5. The summed E-state index contributed by atoms with van der Waals surface area (Å²) >= 11 is 6.56. The molecule has 1 fully saturated rings. The SMILES string of the molecule is C=CCc1ccccc1OCCOc1c(OC)cc(C=C2SC(=S)N(CC=C)C2=O)cc1OC. The maximum absolute atomic E-state index is 12.6. The lowest BCUT2D eigenvalue weighted by molar-refractivity contribution is -0.121. The summed E-state index contributed by atoms with van der Waals surface area (Å²) in [6.45, 7) is 8.47. The second-order valence-electron chi connectivity index (χ2n) is 7.13. The van der Waals surface area contributed by atoms with E-state index in [0.717, 1.165) is 23.3 Å². The molecule has 1 saturated heterocycles. The summed E-state index contributed by atoms with van der Waals surface area (Å²) in [5.41, 5.74) is 1.80. The van der Waals surface area contributed by atoms with E-state index in [-0.39, 0.29) is 12.5 Å². The Morgan fingerprint density at radius 3 is 2.32 bits per heavy atom. The predicted octanol–water partition coefficient (Wildman–Crippen LogP) is 5.28. The van der Waals surface area contributed by atoms with Gasteiger partial charge in [-0.3, -0.25) is 9.69 Å². The van der Waals surface area contributed by atoms with Crippen molar-refractivity contribution >= 4 is 40.3 Å². The monoisotopic (exact) mass is 497 g/mol. The van der Waals surface area contributed by atoms with Gasteiger partial charge in [-0.05, 0) is 41.8 Å². The minimum atomic E-state index is -0.151. The average Bonchev–Trinajstić information content (AvgIpc) is 3.10. The van der Waals surface area contributed by atoms with Crippen molar-refractivity contribution in [1.82, 2.24) is 4.90 Å². The fraction of sp³-hybridized carbons (Fsp3) is 0.231.